The number of nitrogens with two attached hydrogens (primary N) is 1. The zero-order valence-electron chi connectivity index (χ0n) is 23.9. The number of halogens is 3. The van der Waals surface area contributed by atoms with Gasteiger partial charge in [-0.15, -0.1) is 0 Å². The molecule has 6 heterocycles. The summed E-state index contributed by atoms with van der Waals surface area (Å²) in [5, 5.41) is 4.38. The summed E-state index contributed by atoms with van der Waals surface area (Å²) >= 11 is 0. The van der Waals surface area contributed by atoms with Crippen molar-refractivity contribution in [1.29, 1.82) is 0 Å². The van der Waals surface area contributed by atoms with Crippen LogP contribution in [0.3, 0.4) is 0 Å². The molecule has 4 fully saturated rings. The normalized spacial score (nSPS) is 30.4. The molecule has 0 aliphatic carbocycles. The van der Waals surface area contributed by atoms with Gasteiger partial charge in [-0.1, -0.05) is 12.1 Å². The Morgan fingerprint density at radius 1 is 1.02 bits per heavy atom. The number of piperidine rings is 1. The van der Waals surface area contributed by atoms with Crippen molar-refractivity contribution >= 4 is 11.3 Å². The Kier molecular flexibility index (Phi) is 6.78. The second kappa shape index (κ2) is 10.2. The smallest absolute Gasteiger partial charge is 0.262 e. The van der Waals surface area contributed by atoms with E-state index in [-0.39, 0.29) is 18.8 Å². The van der Waals surface area contributed by atoms with Crippen molar-refractivity contribution in [2.75, 3.05) is 38.5 Å². The van der Waals surface area contributed by atoms with E-state index in [1.54, 1.807) is 16.6 Å². The van der Waals surface area contributed by atoms with E-state index < -0.39 is 41.7 Å². The van der Waals surface area contributed by atoms with Crippen LogP contribution in [0, 0.1) is 5.82 Å². The minimum atomic E-state index is -2.77. The van der Waals surface area contributed by atoms with E-state index in [2.05, 4.69) is 15.0 Å². The standard InChI is InChI=1S/C30H37F3N6O3/c1-28(2)41-25-23(40-24(26(25)42-28)21-7-8-22-27(34)35-18-36-39(21)22)15-38-17-30(32,33)16-29(38)10-13-37(14-11-29)12-9-19-3-5-20(31)6-4-19/h3-8,18,23-26H,9-17H2,1-2H3,(H2,34,35,36)/t23?,24-,25+,26-/m0/s1. The number of aromatic nitrogens is 3. The molecule has 2 N–H and O–H groups in total. The number of nitrogen functional groups attached to an aromatic ring is 1. The quantitative estimate of drug-likeness (QED) is 0.466. The fourth-order valence-electron chi connectivity index (χ4n) is 7.45. The number of nitrogens with zero attached hydrogens (tertiary/aromatic N) is 5. The highest BCUT2D eigenvalue weighted by molar-refractivity contribution is 5.65. The van der Waals surface area contributed by atoms with Gasteiger partial charge in [0.15, 0.2) is 11.6 Å². The van der Waals surface area contributed by atoms with Crippen LogP contribution >= 0.6 is 0 Å². The van der Waals surface area contributed by atoms with Crippen LogP contribution in [-0.4, -0.2) is 92.7 Å². The molecular weight excluding hydrogens is 549 g/mol. The lowest BCUT2D eigenvalue weighted by atomic mass is 9.84. The molecule has 1 unspecified atom stereocenters. The van der Waals surface area contributed by atoms with Gasteiger partial charge in [0, 0.05) is 25.0 Å². The number of hydrogen-bond acceptors (Lipinski definition) is 8. The molecule has 0 bridgehead atoms. The van der Waals surface area contributed by atoms with Gasteiger partial charge < -0.3 is 24.8 Å². The van der Waals surface area contributed by atoms with Crippen LogP contribution in [0.15, 0.2) is 42.7 Å². The van der Waals surface area contributed by atoms with E-state index >= 15 is 8.78 Å². The Labute approximate surface area is 242 Å². The predicted octanol–water partition coefficient (Wildman–Crippen LogP) is 3.83. The summed E-state index contributed by atoms with van der Waals surface area (Å²) in [6, 6.07) is 10.3. The maximum atomic E-state index is 15.1. The van der Waals surface area contributed by atoms with Gasteiger partial charge in [-0.2, -0.15) is 5.10 Å². The fourth-order valence-corrected chi connectivity index (χ4v) is 7.45. The SMILES string of the molecule is CC1(C)O[C@@H]2[C@H](O1)C(CN1CC(F)(F)CC13CCN(CCc1ccc(F)cc1)CC3)O[C@H]2c1ccc2c(N)ncnn12. The molecule has 1 aromatic carbocycles. The number of ether oxygens (including phenoxy) is 3. The lowest BCUT2D eigenvalue weighted by molar-refractivity contribution is -0.191. The summed E-state index contributed by atoms with van der Waals surface area (Å²) in [6.07, 6.45) is 1.53. The first kappa shape index (κ1) is 28.0. The van der Waals surface area contributed by atoms with E-state index in [0.29, 0.717) is 30.7 Å². The molecule has 4 atom stereocenters. The van der Waals surface area contributed by atoms with Crippen molar-refractivity contribution < 1.29 is 27.4 Å². The van der Waals surface area contributed by atoms with Crippen LogP contribution in [0.2, 0.25) is 0 Å². The first-order valence-electron chi connectivity index (χ1n) is 14.7. The third-order valence-electron chi connectivity index (χ3n) is 9.45. The van der Waals surface area contributed by atoms with Crippen LogP contribution in [0.5, 0.6) is 0 Å². The van der Waals surface area contributed by atoms with E-state index in [1.165, 1.54) is 18.5 Å². The molecule has 0 radical (unpaired) electrons. The minimum Gasteiger partial charge on any atom is -0.382 e. The largest absolute Gasteiger partial charge is 0.382 e. The Morgan fingerprint density at radius 3 is 2.52 bits per heavy atom. The molecule has 7 rings (SSSR count). The van der Waals surface area contributed by atoms with Gasteiger partial charge in [-0.05, 0) is 76.0 Å². The first-order chi connectivity index (χ1) is 20.0. The molecule has 1 spiro atoms. The maximum absolute atomic E-state index is 15.1. The number of hydrogen-bond donors (Lipinski definition) is 1. The lowest BCUT2D eigenvalue weighted by Gasteiger charge is -2.45. The van der Waals surface area contributed by atoms with Crippen molar-refractivity contribution in [3.05, 3.63) is 59.8 Å². The van der Waals surface area contributed by atoms with Crippen LogP contribution < -0.4 is 5.73 Å². The zero-order chi connectivity index (χ0) is 29.3. The Hall–Kier alpha value is -2.77. The Bertz CT molecular complexity index is 1440. The topological polar surface area (TPSA) is 90.4 Å². The monoisotopic (exact) mass is 586 g/mol. The predicted molar refractivity (Wildman–Crippen MR) is 148 cm³/mol. The number of fused-ring (bicyclic) bond motifs is 2. The Balaban J connectivity index is 1.08. The summed E-state index contributed by atoms with van der Waals surface area (Å²) in [6.45, 7) is 6.03. The number of likely N-dealkylation sites (tertiary alicyclic amines) is 2. The molecule has 9 nitrogen and oxygen atoms in total. The van der Waals surface area contributed by atoms with Crippen LogP contribution in [0.25, 0.3) is 5.52 Å². The molecular formula is C30H37F3N6O3. The highest BCUT2D eigenvalue weighted by atomic mass is 19.3. The van der Waals surface area contributed by atoms with Gasteiger partial charge in [0.2, 0.25) is 0 Å². The number of anilines is 1. The second-order valence-electron chi connectivity index (χ2n) is 12.7. The summed E-state index contributed by atoms with van der Waals surface area (Å²) < 4.78 is 64.4. The average molecular weight is 587 g/mol. The third-order valence-corrected chi connectivity index (χ3v) is 9.45. The van der Waals surface area contributed by atoms with Crippen molar-refractivity contribution in [3.8, 4) is 0 Å². The summed E-state index contributed by atoms with van der Waals surface area (Å²) in [5.41, 5.74) is 7.95. The highest BCUT2D eigenvalue weighted by Gasteiger charge is 2.60. The molecule has 12 heteroatoms. The molecule has 0 amide bonds. The van der Waals surface area contributed by atoms with Crippen LogP contribution in [0.4, 0.5) is 19.0 Å². The zero-order valence-corrected chi connectivity index (χ0v) is 23.9. The Morgan fingerprint density at radius 2 is 1.76 bits per heavy atom. The molecule has 226 valence electrons. The number of alkyl halides is 2. The molecule has 2 aromatic heterocycles. The molecule has 3 aromatic rings. The molecule has 4 saturated heterocycles. The molecule has 4 aliphatic heterocycles. The van der Waals surface area contributed by atoms with Crippen molar-refractivity contribution in [3.63, 3.8) is 0 Å². The second-order valence-corrected chi connectivity index (χ2v) is 12.7. The van der Waals surface area contributed by atoms with Gasteiger partial charge in [0.25, 0.3) is 5.92 Å². The van der Waals surface area contributed by atoms with Crippen molar-refractivity contribution in [1.82, 2.24) is 24.4 Å². The summed E-state index contributed by atoms with van der Waals surface area (Å²) in [5.74, 6) is -3.49. The lowest BCUT2D eigenvalue weighted by Crippen LogP contribution is -2.55. The molecule has 0 saturated carbocycles. The number of benzene rings is 1. The van der Waals surface area contributed by atoms with Crippen LogP contribution in [-0.2, 0) is 20.6 Å². The van der Waals surface area contributed by atoms with Crippen molar-refractivity contribution in [2.45, 2.75) is 81.2 Å². The molecule has 42 heavy (non-hydrogen) atoms. The summed E-state index contributed by atoms with van der Waals surface area (Å²) in [7, 11) is 0. The van der Waals surface area contributed by atoms with E-state index in [4.69, 9.17) is 19.9 Å². The minimum absolute atomic E-state index is 0.154. The fraction of sp³-hybridized carbons (Fsp3) is 0.600. The van der Waals surface area contributed by atoms with Gasteiger partial charge in [0.05, 0.1) is 12.2 Å². The summed E-state index contributed by atoms with van der Waals surface area (Å²) in [4.78, 5) is 8.35. The van der Waals surface area contributed by atoms with Gasteiger partial charge in [-0.25, -0.2) is 22.7 Å². The third kappa shape index (κ3) is 5.06. The van der Waals surface area contributed by atoms with E-state index in [9.17, 15) is 4.39 Å². The van der Waals surface area contributed by atoms with Crippen molar-refractivity contribution in [2.24, 2.45) is 0 Å². The maximum Gasteiger partial charge on any atom is 0.262 e. The van der Waals surface area contributed by atoms with Gasteiger partial charge >= 0.3 is 0 Å². The van der Waals surface area contributed by atoms with Gasteiger partial charge in [-0.3, -0.25) is 4.90 Å². The van der Waals surface area contributed by atoms with Crippen LogP contribution in [0.1, 0.15) is 50.5 Å². The van der Waals surface area contributed by atoms with Gasteiger partial charge in [0.1, 0.15) is 42.1 Å². The average Bonchev–Trinajstić information content (AvgIpc) is 3.65. The van der Waals surface area contributed by atoms with E-state index in [1.807, 2.05) is 30.9 Å². The van der Waals surface area contributed by atoms with E-state index in [0.717, 1.165) is 37.3 Å². The first-order valence-corrected chi connectivity index (χ1v) is 14.7. The molecule has 4 aliphatic rings. The highest BCUT2D eigenvalue weighted by Crippen LogP contribution is 2.49. The number of rotatable bonds is 6.